The number of hydrogen-bond acceptors (Lipinski definition) is 4. The van der Waals surface area contributed by atoms with E-state index >= 15 is 0 Å². The summed E-state index contributed by atoms with van der Waals surface area (Å²) in [6.07, 6.45) is 3.96. The van der Waals surface area contributed by atoms with Gasteiger partial charge in [0.05, 0.1) is 16.9 Å². The summed E-state index contributed by atoms with van der Waals surface area (Å²) in [5.74, 6) is -1.000. The molecule has 0 atom stereocenters. The van der Waals surface area contributed by atoms with Crippen LogP contribution in [0.3, 0.4) is 0 Å². The van der Waals surface area contributed by atoms with Crippen molar-refractivity contribution in [3.63, 3.8) is 0 Å². The van der Waals surface area contributed by atoms with Crippen LogP contribution in [-0.4, -0.2) is 36.0 Å². The molecule has 0 aliphatic carbocycles. The Bertz CT molecular complexity index is 524. The molecule has 0 amide bonds. The van der Waals surface area contributed by atoms with Crippen molar-refractivity contribution >= 4 is 15.8 Å². The van der Waals surface area contributed by atoms with Crippen molar-refractivity contribution in [1.29, 1.82) is 0 Å². The Hall–Kier alpha value is -1.43. The Kier molecular flexibility index (Phi) is 3.38. The van der Waals surface area contributed by atoms with Crippen LogP contribution >= 0.6 is 0 Å². The first kappa shape index (κ1) is 13.0. The summed E-state index contributed by atoms with van der Waals surface area (Å²) in [5.41, 5.74) is -0.131. The predicted octanol–water partition coefficient (Wildman–Crippen LogP) is 0.904. The molecule has 18 heavy (non-hydrogen) atoms. The highest BCUT2D eigenvalue weighted by molar-refractivity contribution is 7.91. The van der Waals surface area contributed by atoms with Crippen LogP contribution in [0, 0.1) is 5.41 Å². The van der Waals surface area contributed by atoms with Gasteiger partial charge in [-0.05, 0) is 30.9 Å². The Balaban J connectivity index is 2.22. The van der Waals surface area contributed by atoms with Gasteiger partial charge in [-0.15, -0.1) is 0 Å². The zero-order valence-corrected chi connectivity index (χ0v) is 10.7. The lowest BCUT2D eigenvalue weighted by Crippen LogP contribution is -2.41. The summed E-state index contributed by atoms with van der Waals surface area (Å²) in [6, 6.07) is 3.57. The van der Waals surface area contributed by atoms with Gasteiger partial charge in [-0.3, -0.25) is 9.78 Å². The molecule has 1 aliphatic heterocycles. The number of aromatic nitrogens is 1. The molecule has 1 aromatic heterocycles. The molecule has 1 fully saturated rings. The quantitative estimate of drug-likeness (QED) is 0.881. The lowest BCUT2D eigenvalue weighted by atomic mass is 9.77. The lowest BCUT2D eigenvalue weighted by Gasteiger charge is -2.32. The van der Waals surface area contributed by atoms with Crippen molar-refractivity contribution in [1.82, 2.24) is 4.98 Å². The summed E-state index contributed by atoms with van der Waals surface area (Å²) < 4.78 is 22.8. The number of pyridine rings is 1. The summed E-state index contributed by atoms with van der Waals surface area (Å²) in [6.45, 7) is 0. The molecule has 0 saturated carbocycles. The van der Waals surface area contributed by atoms with E-state index in [4.69, 9.17) is 0 Å². The average molecular weight is 269 g/mol. The van der Waals surface area contributed by atoms with E-state index in [-0.39, 0.29) is 24.3 Å². The van der Waals surface area contributed by atoms with E-state index in [2.05, 4.69) is 4.98 Å². The van der Waals surface area contributed by atoms with E-state index in [0.717, 1.165) is 5.56 Å². The minimum absolute atomic E-state index is 0.0421. The van der Waals surface area contributed by atoms with Crippen LogP contribution in [0.15, 0.2) is 24.5 Å². The summed E-state index contributed by atoms with van der Waals surface area (Å²) in [4.78, 5) is 15.4. The van der Waals surface area contributed by atoms with Gasteiger partial charge in [0.15, 0.2) is 0 Å². The number of sulfone groups is 1. The third kappa shape index (κ3) is 2.69. The molecule has 2 rings (SSSR count). The molecule has 0 spiro atoms. The van der Waals surface area contributed by atoms with Crippen LogP contribution in [0.5, 0.6) is 0 Å². The van der Waals surface area contributed by atoms with Crippen LogP contribution in [-0.2, 0) is 21.1 Å². The Labute approximate surface area is 106 Å². The van der Waals surface area contributed by atoms with Crippen molar-refractivity contribution in [2.75, 3.05) is 11.5 Å². The van der Waals surface area contributed by atoms with Gasteiger partial charge >= 0.3 is 5.97 Å². The van der Waals surface area contributed by atoms with Crippen LogP contribution < -0.4 is 0 Å². The Morgan fingerprint density at radius 1 is 1.39 bits per heavy atom. The van der Waals surface area contributed by atoms with Gasteiger partial charge in [-0.1, -0.05) is 6.07 Å². The highest BCUT2D eigenvalue weighted by atomic mass is 32.2. The third-order valence-electron chi connectivity index (χ3n) is 3.50. The highest BCUT2D eigenvalue weighted by Crippen LogP contribution is 2.36. The second-order valence-corrected chi connectivity index (χ2v) is 7.08. The van der Waals surface area contributed by atoms with E-state index in [9.17, 15) is 18.3 Å². The number of carbonyl (C=O) groups is 1. The molecule has 98 valence electrons. The Morgan fingerprint density at radius 2 is 2.06 bits per heavy atom. The number of hydrogen-bond donors (Lipinski definition) is 1. The van der Waals surface area contributed by atoms with E-state index in [1.807, 2.05) is 6.07 Å². The molecule has 6 heteroatoms. The van der Waals surface area contributed by atoms with Gasteiger partial charge in [-0.25, -0.2) is 8.42 Å². The molecule has 0 aromatic carbocycles. The monoisotopic (exact) mass is 269 g/mol. The zero-order valence-electron chi connectivity index (χ0n) is 9.87. The van der Waals surface area contributed by atoms with E-state index < -0.39 is 21.2 Å². The van der Waals surface area contributed by atoms with Crippen LogP contribution in [0.25, 0.3) is 0 Å². The summed E-state index contributed by atoms with van der Waals surface area (Å²) >= 11 is 0. The fourth-order valence-corrected chi connectivity index (χ4v) is 3.90. The maximum absolute atomic E-state index is 11.5. The number of nitrogens with zero attached hydrogens (tertiary/aromatic N) is 1. The molecule has 1 saturated heterocycles. The van der Waals surface area contributed by atoms with Gasteiger partial charge in [0, 0.05) is 12.4 Å². The maximum atomic E-state index is 11.5. The lowest BCUT2D eigenvalue weighted by molar-refractivity contribution is -0.149. The van der Waals surface area contributed by atoms with E-state index in [1.165, 1.54) is 0 Å². The number of carboxylic acid groups (broad SMARTS) is 1. The van der Waals surface area contributed by atoms with E-state index in [0.29, 0.717) is 6.42 Å². The molecule has 1 aliphatic rings. The summed E-state index contributed by atoms with van der Waals surface area (Å²) in [5, 5.41) is 9.41. The van der Waals surface area contributed by atoms with Crippen molar-refractivity contribution < 1.29 is 18.3 Å². The summed E-state index contributed by atoms with van der Waals surface area (Å²) in [7, 11) is -3.06. The van der Waals surface area contributed by atoms with Crippen LogP contribution in [0.1, 0.15) is 18.4 Å². The minimum Gasteiger partial charge on any atom is -0.481 e. The van der Waals surface area contributed by atoms with Crippen molar-refractivity contribution in [3.05, 3.63) is 30.1 Å². The molecular formula is C12H15NO4S. The van der Waals surface area contributed by atoms with Gasteiger partial charge in [0.2, 0.25) is 0 Å². The molecule has 0 unspecified atom stereocenters. The number of aliphatic carboxylic acids is 1. The van der Waals surface area contributed by atoms with Crippen molar-refractivity contribution in [3.8, 4) is 0 Å². The number of rotatable bonds is 3. The molecule has 1 aromatic rings. The van der Waals surface area contributed by atoms with Crippen LogP contribution in [0.4, 0.5) is 0 Å². The normalized spacial score (nSPS) is 21.3. The molecule has 5 nitrogen and oxygen atoms in total. The zero-order chi connectivity index (χ0) is 13.2. The Morgan fingerprint density at radius 3 is 2.56 bits per heavy atom. The third-order valence-corrected chi connectivity index (χ3v) is 5.15. The number of carboxylic acids is 1. The first-order valence-corrected chi connectivity index (χ1v) is 7.58. The molecule has 0 radical (unpaired) electrons. The second kappa shape index (κ2) is 4.68. The SMILES string of the molecule is O=C(O)C1(Cc2cccnc2)CCS(=O)(=O)CC1. The standard InChI is InChI=1S/C12H15NO4S/c14-11(15)12(3-6-18(16,17)7-4-12)8-10-2-1-5-13-9-10/h1-2,5,9H,3-4,6-8H2,(H,14,15). The maximum Gasteiger partial charge on any atom is 0.310 e. The van der Waals surface area contributed by atoms with Crippen molar-refractivity contribution in [2.24, 2.45) is 5.41 Å². The fraction of sp³-hybridized carbons (Fsp3) is 0.500. The molecule has 0 bridgehead atoms. The minimum atomic E-state index is -3.06. The van der Waals surface area contributed by atoms with Crippen molar-refractivity contribution in [2.45, 2.75) is 19.3 Å². The smallest absolute Gasteiger partial charge is 0.310 e. The highest BCUT2D eigenvalue weighted by Gasteiger charge is 2.43. The largest absolute Gasteiger partial charge is 0.481 e. The molecular weight excluding hydrogens is 254 g/mol. The van der Waals surface area contributed by atoms with E-state index in [1.54, 1.807) is 18.5 Å². The second-order valence-electron chi connectivity index (χ2n) is 4.78. The molecule has 2 heterocycles. The van der Waals surface area contributed by atoms with Gasteiger partial charge in [-0.2, -0.15) is 0 Å². The topological polar surface area (TPSA) is 84.3 Å². The fourth-order valence-electron chi connectivity index (χ4n) is 2.29. The first-order valence-electron chi connectivity index (χ1n) is 5.76. The molecule has 1 N–H and O–H groups in total. The van der Waals surface area contributed by atoms with Gasteiger partial charge in [0.25, 0.3) is 0 Å². The van der Waals surface area contributed by atoms with Gasteiger partial charge < -0.3 is 5.11 Å². The predicted molar refractivity (Wildman–Crippen MR) is 65.9 cm³/mol. The van der Waals surface area contributed by atoms with Crippen LogP contribution in [0.2, 0.25) is 0 Å². The average Bonchev–Trinajstić information content (AvgIpc) is 2.33. The van der Waals surface area contributed by atoms with Gasteiger partial charge in [0.1, 0.15) is 9.84 Å². The first-order chi connectivity index (χ1) is 8.44.